The van der Waals surface area contributed by atoms with Gasteiger partial charge in [-0.25, -0.2) is 0 Å². The SMILES string of the molecule is O=C(C=Cc1cc([N+](=O)[O-])cc2c1OCOC2)Nc1ccc(Cl)cc1. The molecular weight excluding hydrogens is 348 g/mol. The van der Waals surface area contributed by atoms with Gasteiger partial charge in [0.15, 0.2) is 6.79 Å². The summed E-state index contributed by atoms with van der Waals surface area (Å²) < 4.78 is 10.6. The molecule has 1 aliphatic heterocycles. The van der Waals surface area contributed by atoms with Gasteiger partial charge in [0.25, 0.3) is 5.69 Å². The number of ether oxygens (including phenoxy) is 2. The minimum atomic E-state index is -0.500. The van der Waals surface area contributed by atoms with Crippen LogP contribution in [0, 0.1) is 10.1 Å². The second-order valence-electron chi connectivity index (χ2n) is 5.22. The molecule has 25 heavy (non-hydrogen) atoms. The van der Waals surface area contributed by atoms with E-state index in [0.717, 1.165) is 0 Å². The number of non-ortho nitro benzene ring substituents is 1. The van der Waals surface area contributed by atoms with Crippen LogP contribution in [-0.4, -0.2) is 17.6 Å². The maximum Gasteiger partial charge on any atom is 0.270 e. The maximum atomic E-state index is 12.0. The van der Waals surface area contributed by atoms with Gasteiger partial charge in [-0.2, -0.15) is 0 Å². The van der Waals surface area contributed by atoms with E-state index in [2.05, 4.69) is 5.32 Å². The number of nitro groups is 1. The summed E-state index contributed by atoms with van der Waals surface area (Å²) in [6, 6.07) is 9.42. The van der Waals surface area contributed by atoms with Crippen molar-refractivity contribution in [2.24, 2.45) is 0 Å². The maximum absolute atomic E-state index is 12.0. The van der Waals surface area contributed by atoms with Crippen LogP contribution >= 0.6 is 11.6 Å². The van der Waals surface area contributed by atoms with Gasteiger partial charge in [-0.1, -0.05) is 11.6 Å². The molecule has 1 heterocycles. The molecule has 0 spiro atoms. The molecule has 0 aliphatic carbocycles. The van der Waals surface area contributed by atoms with Gasteiger partial charge in [0, 0.05) is 40.0 Å². The highest BCUT2D eigenvalue weighted by molar-refractivity contribution is 6.30. The van der Waals surface area contributed by atoms with Crippen LogP contribution in [0.15, 0.2) is 42.5 Å². The third kappa shape index (κ3) is 4.14. The Morgan fingerprint density at radius 2 is 2.04 bits per heavy atom. The highest BCUT2D eigenvalue weighted by Crippen LogP contribution is 2.33. The fourth-order valence-corrected chi connectivity index (χ4v) is 2.47. The van der Waals surface area contributed by atoms with Crippen molar-refractivity contribution >= 4 is 35.0 Å². The first-order chi connectivity index (χ1) is 12.0. The summed E-state index contributed by atoms with van der Waals surface area (Å²) in [6.07, 6.45) is 2.76. The van der Waals surface area contributed by atoms with Crippen molar-refractivity contribution in [3.05, 3.63) is 68.7 Å². The van der Waals surface area contributed by atoms with Crippen LogP contribution < -0.4 is 10.1 Å². The van der Waals surface area contributed by atoms with Crippen LogP contribution in [0.25, 0.3) is 6.08 Å². The molecule has 2 aromatic rings. The fraction of sp³-hybridized carbons (Fsp3) is 0.118. The third-order valence-corrected chi connectivity index (χ3v) is 3.71. The number of hydrogen-bond acceptors (Lipinski definition) is 5. The zero-order valence-corrected chi connectivity index (χ0v) is 13.7. The Balaban J connectivity index is 1.82. The van der Waals surface area contributed by atoms with Crippen LogP contribution in [0.5, 0.6) is 5.75 Å². The Kier molecular flexibility index (Phi) is 4.97. The van der Waals surface area contributed by atoms with Crippen molar-refractivity contribution < 1.29 is 19.2 Å². The van der Waals surface area contributed by atoms with Crippen LogP contribution in [0.4, 0.5) is 11.4 Å². The lowest BCUT2D eigenvalue weighted by atomic mass is 10.1. The van der Waals surface area contributed by atoms with Crippen LogP contribution in [0.3, 0.4) is 0 Å². The van der Waals surface area contributed by atoms with Gasteiger partial charge >= 0.3 is 0 Å². The van der Waals surface area contributed by atoms with Crippen LogP contribution in [-0.2, 0) is 16.1 Å². The van der Waals surface area contributed by atoms with E-state index in [-0.39, 0.29) is 25.0 Å². The Labute approximate surface area is 148 Å². The first-order valence-electron chi connectivity index (χ1n) is 7.29. The van der Waals surface area contributed by atoms with E-state index in [1.807, 2.05) is 0 Å². The minimum Gasteiger partial charge on any atom is -0.467 e. The summed E-state index contributed by atoms with van der Waals surface area (Å²) in [4.78, 5) is 22.6. The van der Waals surface area contributed by atoms with Crippen LogP contribution in [0.1, 0.15) is 11.1 Å². The predicted molar refractivity (Wildman–Crippen MR) is 92.5 cm³/mol. The Hall–Kier alpha value is -2.90. The highest BCUT2D eigenvalue weighted by Gasteiger charge is 2.19. The molecule has 0 saturated carbocycles. The number of hydrogen-bond donors (Lipinski definition) is 1. The van der Waals surface area contributed by atoms with Gasteiger partial charge in [-0.3, -0.25) is 14.9 Å². The van der Waals surface area contributed by atoms with E-state index >= 15 is 0 Å². The topological polar surface area (TPSA) is 90.7 Å². The number of carbonyl (C=O) groups is 1. The van der Waals surface area contributed by atoms with Gasteiger partial charge in [-0.15, -0.1) is 0 Å². The fourth-order valence-electron chi connectivity index (χ4n) is 2.34. The molecule has 0 bridgehead atoms. The van der Waals surface area contributed by atoms with Crippen molar-refractivity contribution in [3.63, 3.8) is 0 Å². The molecule has 1 amide bonds. The molecule has 1 N–H and O–H groups in total. The second kappa shape index (κ2) is 7.33. The average Bonchev–Trinajstić information content (AvgIpc) is 2.61. The lowest BCUT2D eigenvalue weighted by Gasteiger charge is -2.19. The molecule has 0 unspecified atom stereocenters. The molecule has 8 heteroatoms. The van der Waals surface area contributed by atoms with Crippen molar-refractivity contribution in [1.82, 2.24) is 0 Å². The van der Waals surface area contributed by atoms with Crippen molar-refractivity contribution in [2.75, 3.05) is 12.1 Å². The van der Waals surface area contributed by atoms with Gasteiger partial charge in [0.1, 0.15) is 5.75 Å². The van der Waals surface area contributed by atoms with E-state index in [4.69, 9.17) is 21.1 Å². The number of fused-ring (bicyclic) bond motifs is 1. The number of nitrogens with one attached hydrogen (secondary N) is 1. The molecule has 2 aromatic carbocycles. The second-order valence-corrected chi connectivity index (χ2v) is 5.66. The number of nitro benzene ring substituents is 1. The molecule has 1 aliphatic rings. The minimum absolute atomic E-state index is 0.0582. The monoisotopic (exact) mass is 360 g/mol. The Bertz CT molecular complexity index is 849. The quantitative estimate of drug-likeness (QED) is 0.509. The number of amides is 1. The molecule has 3 rings (SSSR count). The molecule has 7 nitrogen and oxygen atoms in total. The van der Waals surface area contributed by atoms with Crippen molar-refractivity contribution in [3.8, 4) is 5.75 Å². The summed E-state index contributed by atoms with van der Waals surface area (Å²) >= 11 is 5.79. The van der Waals surface area contributed by atoms with E-state index in [1.165, 1.54) is 24.3 Å². The molecule has 128 valence electrons. The molecular formula is C17H13ClN2O5. The summed E-state index contributed by atoms with van der Waals surface area (Å²) in [6.45, 7) is 0.275. The van der Waals surface area contributed by atoms with Gasteiger partial charge < -0.3 is 14.8 Å². The molecule has 0 radical (unpaired) electrons. The van der Waals surface area contributed by atoms with E-state index < -0.39 is 4.92 Å². The Morgan fingerprint density at radius 1 is 1.28 bits per heavy atom. The van der Waals surface area contributed by atoms with E-state index in [1.54, 1.807) is 24.3 Å². The Morgan fingerprint density at radius 3 is 2.76 bits per heavy atom. The smallest absolute Gasteiger partial charge is 0.270 e. The number of anilines is 1. The van der Waals surface area contributed by atoms with Gasteiger partial charge in [-0.05, 0) is 30.3 Å². The predicted octanol–water partition coefficient (Wildman–Crippen LogP) is 3.77. The molecule has 0 atom stereocenters. The van der Waals surface area contributed by atoms with Crippen molar-refractivity contribution in [1.29, 1.82) is 0 Å². The normalized spacial score (nSPS) is 13.2. The van der Waals surface area contributed by atoms with Gasteiger partial charge in [0.2, 0.25) is 5.91 Å². The van der Waals surface area contributed by atoms with Gasteiger partial charge in [0.05, 0.1) is 11.5 Å². The standard InChI is InChI=1S/C17H13ClN2O5/c18-13-2-4-14(5-3-13)19-16(21)6-1-11-7-15(20(22)23)8-12-9-24-10-25-17(11)12/h1-8H,9-10H2,(H,19,21). The first-order valence-corrected chi connectivity index (χ1v) is 7.67. The molecule has 0 saturated heterocycles. The average molecular weight is 361 g/mol. The zero-order chi connectivity index (χ0) is 17.8. The van der Waals surface area contributed by atoms with Crippen LogP contribution in [0.2, 0.25) is 5.02 Å². The summed E-state index contributed by atoms with van der Waals surface area (Å²) in [5.41, 5.74) is 1.51. The van der Waals surface area contributed by atoms with E-state index in [0.29, 0.717) is 27.6 Å². The zero-order valence-electron chi connectivity index (χ0n) is 12.9. The summed E-state index contributed by atoms with van der Waals surface area (Å²) in [5, 5.41) is 14.3. The highest BCUT2D eigenvalue weighted by atomic mass is 35.5. The molecule has 0 aromatic heterocycles. The summed E-state index contributed by atoms with van der Waals surface area (Å²) in [7, 11) is 0. The van der Waals surface area contributed by atoms with Crippen molar-refractivity contribution in [2.45, 2.75) is 6.61 Å². The number of benzene rings is 2. The first kappa shape index (κ1) is 16.9. The number of nitrogens with zero attached hydrogens (tertiary/aromatic N) is 1. The molecule has 0 fully saturated rings. The number of rotatable bonds is 4. The third-order valence-electron chi connectivity index (χ3n) is 3.46. The summed E-state index contributed by atoms with van der Waals surface area (Å²) in [5.74, 6) is 0.0991. The number of halogens is 1. The lowest BCUT2D eigenvalue weighted by Crippen LogP contribution is -2.13. The largest absolute Gasteiger partial charge is 0.467 e. The van der Waals surface area contributed by atoms with E-state index in [9.17, 15) is 14.9 Å². The number of carbonyl (C=O) groups excluding carboxylic acids is 1. The lowest BCUT2D eigenvalue weighted by molar-refractivity contribution is -0.385.